The van der Waals surface area contributed by atoms with Crippen molar-refractivity contribution in [1.29, 1.82) is 0 Å². The minimum atomic E-state index is 0.262. The minimum Gasteiger partial charge on any atom is -0.395 e. The molecule has 2 N–H and O–H groups in total. The molecule has 1 aromatic heterocycles. The molecular weight excluding hydrogens is 178 g/mol. The van der Waals surface area contributed by atoms with E-state index in [0.29, 0.717) is 12.1 Å². The summed E-state index contributed by atoms with van der Waals surface area (Å²) in [5.74, 6) is 0. The van der Waals surface area contributed by atoms with E-state index in [9.17, 15) is 5.11 Å². The number of aliphatic hydroxyl groups excluding tert-OH is 1. The second-order valence-corrected chi connectivity index (χ2v) is 3.90. The lowest BCUT2D eigenvalue weighted by atomic mass is 10.1. The Hall–Kier alpha value is -0.870. The van der Waals surface area contributed by atoms with Gasteiger partial charge in [0, 0.05) is 18.3 Å². The lowest BCUT2D eigenvalue weighted by Crippen LogP contribution is -2.34. The monoisotopic (exact) mass is 195 g/mol. The quantitative estimate of drug-likeness (QED) is 0.754. The first-order valence-corrected chi connectivity index (χ1v) is 5.19. The summed E-state index contributed by atoms with van der Waals surface area (Å²) in [4.78, 5) is 2.34. The highest BCUT2D eigenvalue weighted by molar-refractivity contribution is 5.05. The van der Waals surface area contributed by atoms with Crippen molar-refractivity contribution >= 4 is 0 Å². The first kappa shape index (κ1) is 9.68. The average Bonchev–Trinajstić information content (AvgIpc) is 2.87. The van der Waals surface area contributed by atoms with Gasteiger partial charge in [-0.15, -0.1) is 0 Å². The number of aliphatic hydroxyl groups is 1. The fraction of sp³-hybridized carbons (Fsp3) is 0.700. The first-order valence-electron chi connectivity index (χ1n) is 5.19. The molecule has 0 aromatic carbocycles. The molecule has 0 amide bonds. The summed E-state index contributed by atoms with van der Waals surface area (Å²) in [7, 11) is 0. The number of hydrogen-bond donors (Lipinski definition) is 2. The van der Waals surface area contributed by atoms with E-state index in [1.165, 1.54) is 6.42 Å². The van der Waals surface area contributed by atoms with E-state index in [1.54, 1.807) is 6.20 Å². The Morgan fingerprint density at radius 2 is 2.64 bits per heavy atom. The summed E-state index contributed by atoms with van der Waals surface area (Å²) >= 11 is 0. The average molecular weight is 195 g/mol. The van der Waals surface area contributed by atoms with E-state index in [1.807, 2.05) is 6.07 Å². The van der Waals surface area contributed by atoms with Crippen LogP contribution in [-0.4, -0.2) is 39.4 Å². The Balaban J connectivity index is 2.07. The second-order valence-electron chi connectivity index (χ2n) is 3.90. The van der Waals surface area contributed by atoms with Crippen LogP contribution in [0.2, 0.25) is 0 Å². The fourth-order valence-electron chi connectivity index (χ4n) is 2.24. The maximum atomic E-state index is 9.22. The Morgan fingerprint density at radius 1 is 1.79 bits per heavy atom. The number of hydrogen-bond acceptors (Lipinski definition) is 3. The maximum absolute atomic E-state index is 9.22. The minimum absolute atomic E-state index is 0.262. The number of nitrogens with one attached hydrogen (secondary N) is 1. The summed E-state index contributed by atoms with van der Waals surface area (Å²) in [5.41, 5.74) is 1.13. The van der Waals surface area contributed by atoms with Gasteiger partial charge >= 0.3 is 0 Å². The van der Waals surface area contributed by atoms with Gasteiger partial charge in [0.1, 0.15) is 0 Å². The molecule has 1 saturated heterocycles. The van der Waals surface area contributed by atoms with Crippen LogP contribution >= 0.6 is 0 Å². The predicted octanol–water partition coefficient (Wildman–Crippen LogP) is 0.927. The zero-order chi connectivity index (χ0) is 9.97. The van der Waals surface area contributed by atoms with Crippen molar-refractivity contribution in [3.63, 3.8) is 0 Å². The molecule has 1 aliphatic rings. The van der Waals surface area contributed by atoms with Crippen LogP contribution in [0.15, 0.2) is 12.3 Å². The molecule has 4 heteroatoms. The molecule has 0 saturated carbocycles. The highest BCUT2D eigenvalue weighted by Crippen LogP contribution is 2.27. The van der Waals surface area contributed by atoms with E-state index in [0.717, 1.165) is 18.7 Å². The van der Waals surface area contributed by atoms with Crippen molar-refractivity contribution in [3.05, 3.63) is 18.0 Å². The molecule has 78 valence electrons. The smallest absolute Gasteiger partial charge is 0.0587 e. The topological polar surface area (TPSA) is 52.2 Å². The van der Waals surface area contributed by atoms with Gasteiger partial charge in [-0.05, 0) is 32.4 Å². The van der Waals surface area contributed by atoms with Crippen molar-refractivity contribution in [2.75, 3.05) is 13.2 Å². The van der Waals surface area contributed by atoms with Gasteiger partial charge in [0.2, 0.25) is 0 Å². The van der Waals surface area contributed by atoms with Gasteiger partial charge in [-0.1, -0.05) is 0 Å². The fourth-order valence-corrected chi connectivity index (χ4v) is 2.24. The Morgan fingerprint density at radius 3 is 3.29 bits per heavy atom. The number of nitrogens with zero attached hydrogens (tertiary/aromatic N) is 2. The van der Waals surface area contributed by atoms with Gasteiger partial charge in [0.05, 0.1) is 12.3 Å². The molecule has 2 rings (SSSR count). The van der Waals surface area contributed by atoms with Crippen LogP contribution in [0, 0.1) is 0 Å². The molecule has 1 aromatic rings. The number of likely N-dealkylation sites (tertiary alicyclic amines) is 1. The zero-order valence-corrected chi connectivity index (χ0v) is 8.48. The lowest BCUT2D eigenvalue weighted by Gasteiger charge is -2.28. The van der Waals surface area contributed by atoms with Crippen molar-refractivity contribution < 1.29 is 5.11 Å². The van der Waals surface area contributed by atoms with Gasteiger partial charge < -0.3 is 5.11 Å². The normalized spacial score (nSPS) is 25.4. The third-order valence-corrected chi connectivity index (χ3v) is 3.10. The van der Waals surface area contributed by atoms with Crippen LogP contribution in [0.5, 0.6) is 0 Å². The summed E-state index contributed by atoms with van der Waals surface area (Å²) in [6, 6.07) is 2.66. The zero-order valence-electron chi connectivity index (χ0n) is 8.48. The van der Waals surface area contributed by atoms with Crippen molar-refractivity contribution in [3.8, 4) is 0 Å². The van der Waals surface area contributed by atoms with Gasteiger partial charge in [-0.25, -0.2) is 0 Å². The van der Waals surface area contributed by atoms with E-state index >= 15 is 0 Å². The molecule has 2 heterocycles. The molecule has 0 spiro atoms. The summed E-state index contributed by atoms with van der Waals surface area (Å²) in [6.45, 7) is 3.49. The molecule has 1 aliphatic heterocycles. The van der Waals surface area contributed by atoms with E-state index < -0.39 is 0 Å². The maximum Gasteiger partial charge on any atom is 0.0587 e. The third kappa shape index (κ3) is 1.67. The summed E-state index contributed by atoms with van der Waals surface area (Å²) in [5, 5.41) is 16.2. The highest BCUT2D eigenvalue weighted by Gasteiger charge is 2.28. The standard InChI is InChI=1S/C10H17N3O/c1-8(10-4-5-11-12-10)13-6-2-3-9(13)7-14/h4-5,8-9,14H,2-3,6-7H2,1H3,(H,11,12). The number of aromatic nitrogens is 2. The van der Waals surface area contributed by atoms with Crippen molar-refractivity contribution in [1.82, 2.24) is 15.1 Å². The molecule has 0 radical (unpaired) electrons. The SMILES string of the molecule is CC(c1ccn[nH]1)N1CCCC1CO. The molecular formula is C10H17N3O. The van der Waals surface area contributed by atoms with Gasteiger partial charge in [-0.3, -0.25) is 10.00 Å². The number of H-pyrrole nitrogens is 1. The summed E-state index contributed by atoms with van der Waals surface area (Å²) < 4.78 is 0. The van der Waals surface area contributed by atoms with Gasteiger partial charge in [0.15, 0.2) is 0 Å². The van der Waals surface area contributed by atoms with Crippen LogP contribution < -0.4 is 0 Å². The molecule has 1 fully saturated rings. The molecule has 2 atom stereocenters. The van der Waals surface area contributed by atoms with E-state index in [4.69, 9.17) is 0 Å². The second kappa shape index (κ2) is 4.11. The van der Waals surface area contributed by atoms with E-state index in [2.05, 4.69) is 22.0 Å². The van der Waals surface area contributed by atoms with Crippen LogP contribution in [0.4, 0.5) is 0 Å². The summed E-state index contributed by atoms with van der Waals surface area (Å²) in [6.07, 6.45) is 4.06. The van der Waals surface area contributed by atoms with Crippen LogP contribution in [0.3, 0.4) is 0 Å². The van der Waals surface area contributed by atoms with Crippen LogP contribution in [-0.2, 0) is 0 Å². The van der Waals surface area contributed by atoms with Gasteiger partial charge in [0.25, 0.3) is 0 Å². The molecule has 4 nitrogen and oxygen atoms in total. The lowest BCUT2D eigenvalue weighted by molar-refractivity contribution is 0.124. The van der Waals surface area contributed by atoms with Crippen LogP contribution in [0.1, 0.15) is 31.5 Å². The number of rotatable bonds is 3. The molecule has 14 heavy (non-hydrogen) atoms. The van der Waals surface area contributed by atoms with Gasteiger partial charge in [-0.2, -0.15) is 5.10 Å². The number of aromatic amines is 1. The molecule has 2 unspecified atom stereocenters. The first-order chi connectivity index (χ1) is 6.83. The Kier molecular flexibility index (Phi) is 2.84. The third-order valence-electron chi connectivity index (χ3n) is 3.10. The highest BCUT2D eigenvalue weighted by atomic mass is 16.3. The van der Waals surface area contributed by atoms with E-state index in [-0.39, 0.29) is 6.61 Å². The van der Waals surface area contributed by atoms with Crippen molar-refractivity contribution in [2.45, 2.75) is 31.8 Å². The Labute approximate surface area is 83.9 Å². The molecule has 0 bridgehead atoms. The largest absolute Gasteiger partial charge is 0.395 e. The van der Waals surface area contributed by atoms with Crippen molar-refractivity contribution in [2.24, 2.45) is 0 Å². The predicted molar refractivity (Wildman–Crippen MR) is 53.8 cm³/mol. The van der Waals surface area contributed by atoms with Crippen LogP contribution in [0.25, 0.3) is 0 Å². The molecule has 0 aliphatic carbocycles. The Bertz CT molecular complexity index is 273.